The lowest BCUT2D eigenvalue weighted by Crippen LogP contribution is -1.89. The van der Waals surface area contributed by atoms with Crippen molar-refractivity contribution < 1.29 is 4.42 Å². The smallest absolute Gasteiger partial charge is 0.143 e. The monoisotopic (exact) mass is 646 g/mol. The number of benzene rings is 10. The molecular weight excluding hydrogens is 617 g/mol. The van der Waals surface area contributed by atoms with Crippen LogP contribution in [0.25, 0.3) is 110 Å². The van der Waals surface area contributed by atoms with Gasteiger partial charge in [0.15, 0.2) is 0 Å². The predicted molar refractivity (Wildman–Crippen MR) is 217 cm³/mol. The molecule has 51 heavy (non-hydrogen) atoms. The maximum absolute atomic E-state index is 6.92. The Morgan fingerprint density at radius 2 is 0.843 bits per heavy atom. The minimum Gasteiger partial charge on any atom is -0.455 e. The van der Waals surface area contributed by atoms with Gasteiger partial charge < -0.3 is 4.42 Å². The Kier molecular flexibility index (Phi) is 6.02. The molecule has 0 aliphatic heterocycles. The first kappa shape index (κ1) is 28.2. The molecule has 0 spiro atoms. The van der Waals surface area contributed by atoms with Crippen molar-refractivity contribution in [3.8, 4) is 44.7 Å². The first-order chi connectivity index (χ1) is 25.3. The maximum Gasteiger partial charge on any atom is 0.143 e. The van der Waals surface area contributed by atoms with Gasteiger partial charge in [-0.05, 0) is 93.8 Å². The highest BCUT2D eigenvalue weighted by Gasteiger charge is 2.22. The van der Waals surface area contributed by atoms with Crippen molar-refractivity contribution in [1.82, 2.24) is 0 Å². The van der Waals surface area contributed by atoms with Gasteiger partial charge >= 0.3 is 0 Å². The van der Waals surface area contributed by atoms with Crippen LogP contribution in [0.2, 0.25) is 0 Å². The van der Waals surface area contributed by atoms with E-state index in [0.29, 0.717) is 0 Å². The summed E-state index contributed by atoms with van der Waals surface area (Å²) in [5, 5.41) is 13.6. The summed E-state index contributed by atoms with van der Waals surface area (Å²) in [5.74, 6) is 0.902. The van der Waals surface area contributed by atoms with Gasteiger partial charge in [-0.1, -0.05) is 170 Å². The zero-order valence-corrected chi connectivity index (χ0v) is 27.7. The van der Waals surface area contributed by atoms with Gasteiger partial charge in [-0.25, -0.2) is 0 Å². The molecule has 0 atom stereocenters. The van der Waals surface area contributed by atoms with Gasteiger partial charge in [0, 0.05) is 16.5 Å². The summed E-state index contributed by atoms with van der Waals surface area (Å²) in [4.78, 5) is 0. The lowest BCUT2D eigenvalue weighted by molar-refractivity contribution is 0.633. The third kappa shape index (κ3) is 4.22. The average Bonchev–Trinajstić information content (AvgIpc) is 3.58. The van der Waals surface area contributed by atoms with E-state index < -0.39 is 0 Å². The number of furan rings is 1. The van der Waals surface area contributed by atoms with E-state index >= 15 is 0 Å². The van der Waals surface area contributed by atoms with Gasteiger partial charge in [0.2, 0.25) is 0 Å². The number of hydrogen-bond donors (Lipinski definition) is 0. The van der Waals surface area contributed by atoms with Crippen molar-refractivity contribution in [1.29, 1.82) is 0 Å². The van der Waals surface area contributed by atoms with Crippen molar-refractivity contribution in [2.75, 3.05) is 0 Å². The summed E-state index contributed by atoms with van der Waals surface area (Å²) in [6.07, 6.45) is 0. The molecule has 0 aliphatic carbocycles. The SMILES string of the molecule is c1ccc(-c2ccc3ccc4c(-c5ccc6oc(-c7cccc8ccccc78)c(-c7cccc8ccccc78)c6c5)ccc5ccc2c3c54)cc1. The van der Waals surface area contributed by atoms with Crippen LogP contribution in [0, 0.1) is 0 Å². The fraction of sp³-hybridized carbons (Fsp3) is 0. The van der Waals surface area contributed by atoms with E-state index in [-0.39, 0.29) is 0 Å². The Labute approximate surface area is 295 Å². The Morgan fingerprint density at radius 1 is 0.294 bits per heavy atom. The summed E-state index contributed by atoms with van der Waals surface area (Å²) >= 11 is 0. The van der Waals surface area contributed by atoms with Gasteiger partial charge in [0.25, 0.3) is 0 Å². The van der Waals surface area contributed by atoms with Crippen molar-refractivity contribution in [2.45, 2.75) is 0 Å². The second-order valence-electron chi connectivity index (χ2n) is 13.6. The Hall–Kier alpha value is -6.70. The molecule has 0 aliphatic rings. The number of hydrogen-bond acceptors (Lipinski definition) is 1. The second-order valence-corrected chi connectivity index (χ2v) is 13.6. The number of fused-ring (bicyclic) bond motifs is 3. The Bertz CT molecular complexity index is 3120. The molecule has 0 N–H and O–H groups in total. The zero-order chi connectivity index (χ0) is 33.5. The highest BCUT2D eigenvalue weighted by atomic mass is 16.3. The van der Waals surface area contributed by atoms with Crippen LogP contribution in [0.3, 0.4) is 0 Å². The molecule has 1 heterocycles. The molecule has 236 valence electrons. The quantitative estimate of drug-likeness (QED) is 0.173. The van der Waals surface area contributed by atoms with Crippen LogP contribution in [0.1, 0.15) is 0 Å². The average molecular weight is 647 g/mol. The van der Waals surface area contributed by atoms with Crippen LogP contribution < -0.4 is 0 Å². The van der Waals surface area contributed by atoms with Crippen molar-refractivity contribution >= 4 is 64.8 Å². The lowest BCUT2D eigenvalue weighted by atomic mass is 9.87. The van der Waals surface area contributed by atoms with Crippen LogP contribution in [0.5, 0.6) is 0 Å². The standard InChI is InChI=1S/C50H30O/c1-2-10-31(11-3-1)39-25-20-34-23-28-43-40(26-21-35-22-27-42(39)47(34)48(35)43)36-24-29-46-45(30-36)49(41-18-8-14-32-12-4-6-16-37(32)41)50(51-46)44-19-9-15-33-13-5-7-17-38(33)44/h1-30H. The summed E-state index contributed by atoms with van der Waals surface area (Å²) in [5.41, 5.74) is 9.20. The molecule has 1 nitrogen and oxygen atoms in total. The summed E-state index contributed by atoms with van der Waals surface area (Å²) < 4.78 is 6.92. The molecule has 10 aromatic carbocycles. The van der Waals surface area contributed by atoms with Gasteiger partial charge in [-0.3, -0.25) is 0 Å². The minimum atomic E-state index is 0.884. The van der Waals surface area contributed by atoms with E-state index in [0.717, 1.165) is 27.9 Å². The van der Waals surface area contributed by atoms with E-state index in [1.54, 1.807) is 0 Å². The Balaban J connectivity index is 1.19. The summed E-state index contributed by atoms with van der Waals surface area (Å²) in [6.45, 7) is 0. The maximum atomic E-state index is 6.92. The minimum absolute atomic E-state index is 0.884. The van der Waals surface area contributed by atoms with E-state index in [9.17, 15) is 0 Å². The van der Waals surface area contributed by atoms with Crippen molar-refractivity contribution in [3.63, 3.8) is 0 Å². The molecule has 0 bridgehead atoms. The first-order valence-electron chi connectivity index (χ1n) is 17.6. The van der Waals surface area contributed by atoms with Gasteiger partial charge in [-0.2, -0.15) is 0 Å². The van der Waals surface area contributed by atoms with Gasteiger partial charge in [0.05, 0.1) is 0 Å². The van der Waals surface area contributed by atoms with Crippen LogP contribution in [-0.2, 0) is 0 Å². The largest absolute Gasteiger partial charge is 0.455 e. The van der Waals surface area contributed by atoms with Crippen molar-refractivity contribution in [2.24, 2.45) is 0 Å². The highest BCUT2D eigenvalue weighted by molar-refractivity contribution is 6.27. The fourth-order valence-corrected chi connectivity index (χ4v) is 8.51. The molecule has 1 heteroatoms. The molecular formula is C50H30O. The number of rotatable bonds is 4. The Morgan fingerprint density at radius 3 is 1.53 bits per heavy atom. The molecule has 0 amide bonds. The topological polar surface area (TPSA) is 13.1 Å². The third-order valence-electron chi connectivity index (χ3n) is 10.8. The fourth-order valence-electron chi connectivity index (χ4n) is 8.51. The molecule has 0 radical (unpaired) electrons. The van der Waals surface area contributed by atoms with Crippen LogP contribution in [-0.4, -0.2) is 0 Å². The normalized spacial score (nSPS) is 11.9. The van der Waals surface area contributed by atoms with Gasteiger partial charge in [0.1, 0.15) is 11.3 Å². The molecule has 0 fully saturated rings. The second kappa shape index (κ2) is 10.9. The van der Waals surface area contributed by atoms with E-state index in [2.05, 4.69) is 182 Å². The van der Waals surface area contributed by atoms with E-state index in [1.807, 2.05) is 0 Å². The predicted octanol–water partition coefficient (Wildman–Crippen LogP) is 14.3. The summed E-state index contributed by atoms with van der Waals surface area (Å²) in [6, 6.07) is 66.2. The highest BCUT2D eigenvalue weighted by Crippen LogP contribution is 2.47. The van der Waals surface area contributed by atoms with E-state index in [1.165, 1.54) is 81.7 Å². The molecule has 0 saturated carbocycles. The van der Waals surface area contributed by atoms with Crippen molar-refractivity contribution in [3.05, 3.63) is 182 Å². The first-order valence-corrected chi connectivity index (χ1v) is 17.6. The van der Waals surface area contributed by atoms with Crippen LogP contribution in [0.15, 0.2) is 186 Å². The zero-order valence-electron chi connectivity index (χ0n) is 27.7. The lowest BCUT2D eigenvalue weighted by Gasteiger charge is -2.16. The molecule has 11 rings (SSSR count). The third-order valence-corrected chi connectivity index (χ3v) is 10.8. The van der Waals surface area contributed by atoms with Crippen LogP contribution >= 0.6 is 0 Å². The van der Waals surface area contributed by atoms with Crippen LogP contribution in [0.4, 0.5) is 0 Å². The molecule has 1 aromatic heterocycles. The summed E-state index contributed by atoms with van der Waals surface area (Å²) in [7, 11) is 0. The molecule has 0 unspecified atom stereocenters. The van der Waals surface area contributed by atoms with Gasteiger partial charge in [-0.15, -0.1) is 0 Å². The molecule has 11 aromatic rings. The van der Waals surface area contributed by atoms with E-state index in [4.69, 9.17) is 4.42 Å². The molecule has 0 saturated heterocycles.